The molecule has 10 atom stereocenters. The minimum absolute atomic E-state index is 0.00654. The summed E-state index contributed by atoms with van der Waals surface area (Å²) >= 11 is 0. The zero-order valence-corrected chi connectivity index (χ0v) is 38.4. The number of sulfonamides is 1. The number of aromatic nitrogens is 1. The van der Waals surface area contributed by atoms with Gasteiger partial charge in [0.25, 0.3) is 5.91 Å². The smallest absolute Gasteiger partial charge is 0.256 e. The van der Waals surface area contributed by atoms with Gasteiger partial charge in [-0.1, -0.05) is 61.0 Å². The first-order valence-corrected chi connectivity index (χ1v) is 22.7. The van der Waals surface area contributed by atoms with E-state index in [1.54, 1.807) is 62.3 Å². The van der Waals surface area contributed by atoms with Crippen molar-refractivity contribution >= 4 is 39.6 Å². The second-order valence-corrected chi connectivity index (χ2v) is 19.0. The van der Waals surface area contributed by atoms with E-state index in [4.69, 9.17) is 14.2 Å². The van der Waals surface area contributed by atoms with E-state index in [9.17, 15) is 32.4 Å². The number of carbonyl (C=O) groups is 5. The van der Waals surface area contributed by atoms with E-state index in [0.717, 1.165) is 0 Å². The second-order valence-electron chi connectivity index (χ2n) is 17.0. The van der Waals surface area contributed by atoms with E-state index in [0.29, 0.717) is 31.4 Å². The molecule has 2 fully saturated rings. The van der Waals surface area contributed by atoms with Crippen LogP contribution in [0, 0.1) is 23.7 Å². The first-order chi connectivity index (χ1) is 28.3. The largest absolute Gasteiger partial charge is 0.380 e. The lowest BCUT2D eigenvalue weighted by molar-refractivity contribution is -0.148. The Labute approximate surface area is 357 Å². The fraction of sp³-hybridized carbons (Fsp3) is 0.762. The van der Waals surface area contributed by atoms with Crippen LogP contribution in [-0.4, -0.2) is 148 Å². The summed E-state index contributed by atoms with van der Waals surface area (Å²) in [6.07, 6.45) is 1.33. The van der Waals surface area contributed by atoms with Crippen molar-refractivity contribution in [2.75, 3.05) is 42.0 Å². The highest BCUT2D eigenvalue weighted by atomic mass is 32.2. The lowest BCUT2D eigenvalue weighted by Gasteiger charge is -2.41. The molecule has 4 N–H and O–H groups in total. The van der Waals surface area contributed by atoms with Crippen LogP contribution in [0.25, 0.3) is 0 Å². The van der Waals surface area contributed by atoms with Crippen molar-refractivity contribution in [1.82, 2.24) is 35.5 Å². The van der Waals surface area contributed by atoms with Crippen LogP contribution in [0.3, 0.4) is 0 Å². The molecule has 18 heteroatoms. The fourth-order valence-corrected chi connectivity index (χ4v) is 9.46. The van der Waals surface area contributed by atoms with Crippen molar-refractivity contribution in [3.8, 4) is 0 Å². The number of pyridine rings is 1. The van der Waals surface area contributed by atoms with Crippen LogP contribution in [0.1, 0.15) is 86.3 Å². The summed E-state index contributed by atoms with van der Waals surface area (Å²) in [7, 11) is 3.98. The Morgan fingerprint density at radius 1 is 0.917 bits per heavy atom. The molecule has 1 aromatic heterocycles. The second kappa shape index (κ2) is 22.9. The number of likely N-dealkylation sites (tertiary alicyclic amines) is 1. The molecule has 0 spiro atoms. The molecule has 2 aliphatic rings. The summed E-state index contributed by atoms with van der Waals surface area (Å²) in [6, 6.07) is 1.35. The molecule has 1 aromatic rings. The quantitative estimate of drug-likeness (QED) is 0.117. The molecular weight excluding hydrogens is 795 g/mol. The molecule has 1 saturated carbocycles. The standard InChI is InChI=1S/C42H71N7O10S/c1-13-26(6)37(48(9)42(54)36(25(4)5)46-41(53)35(43-8)24(2)3)33(58-11)22-34(50)49-23-29(57-10)21-32(49)38(59-12)27(7)39(51)45-31(20-28-16-14-15-19-44-28)40(52)47-60(55,56)30-17-18-30/h14-16,19,24-27,29-33,35-38,43H,13,17-18,20-23H2,1-12H3,(H,45,51)(H,46,53)(H,47,52)/t26-,27+,29+,31-,32-,33+,35-,36-,37-,38+/m0/s1. The Morgan fingerprint density at radius 3 is 2.07 bits per heavy atom. The number of nitrogens with one attached hydrogen (secondary N) is 4. The molecular formula is C42H71N7O10S. The summed E-state index contributed by atoms with van der Waals surface area (Å²) in [5.41, 5.74) is 0.474. The Morgan fingerprint density at radius 2 is 1.57 bits per heavy atom. The molecule has 17 nitrogen and oxygen atoms in total. The van der Waals surface area contributed by atoms with Gasteiger partial charge in [0.05, 0.1) is 54.0 Å². The van der Waals surface area contributed by atoms with Crippen LogP contribution in [0.2, 0.25) is 0 Å². The van der Waals surface area contributed by atoms with Crippen molar-refractivity contribution in [2.24, 2.45) is 23.7 Å². The van der Waals surface area contributed by atoms with Crippen LogP contribution >= 0.6 is 0 Å². The van der Waals surface area contributed by atoms with Gasteiger partial charge in [-0.2, -0.15) is 0 Å². The van der Waals surface area contributed by atoms with Gasteiger partial charge in [0.2, 0.25) is 33.7 Å². The maximum absolute atomic E-state index is 14.5. The van der Waals surface area contributed by atoms with Gasteiger partial charge in [0.1, 0.15) is 12.1 Å². The fourth-order valence-electron chi connectivity index (χ4n) is 8.11. The molecule has 340 valence electrons. The lowest BCUT2D eigenvalue weighted by atomic mass is 9.89. The van der Waals surface area contributed by atoms with Gasteiger partial charge >= 0.3 is 0 Å². The zero-order chi connectivity index (χ0) is 45.1. The molecule has 1 aliphatic heterocycles. The first-order valence-electron chi connectivity index (χ1n) is 21.1. The summed E-state index contributed by atoms with van der Waals surface area (Å²) in [6.45, 7) is 13.4. The summed E-state index contributed by atoms with van der Waals surface area (Å²) in [4.78, 5) is 76.9. The van der Waals surface area contributed by atoms with Crippen LogP contribution in [-0.2, 0) is 54.6 Å². The van der Waals surface area contributed by atoms with Crippen molar-refractivity contribution in [3.63, 3.8) is 0 Å². The van der Waals surface area contributed by atoms with E-state index in [-0.39, 0.29) is 61.0 Å². The van der Waals surface area contributed by atoms with E-state index >= 15 is 0 Å². The van der Waals surface area contributed by atoms with Gasteiger partial charge < -0.3 is 40.0 Å². The number of hydrogen-bond donors (Lipinski definition) is 4. The van der Waals surface area contributed by atoms with E-state index < -0.39 is 75.4 Å². The van der Waals surface area contributed by atoms with Crippen molar-refractivity contribution in [2.45, 2.75) is 141 Å². The minimum atomic E-state index is -3.90. The van der Waals surface area contributed by atoms with E-state index in [1.165, 1.54) is 14.2 Å². The molecule has 0 unspecified atom stereocenters. The Bertz CT molecular complexity index is 1700. The molecule has 5 amide bonds. The molecule has 2 heterocycles. The van der Waals surface area contributed by atoms with E-state index in [1.807, 2.05) is 41.5 Å². The van der Waals surface area contributed by atoms with Gasteiger partial charge in [-0.15, -0.1) is 0 Å². The van der Waals surface area contributed by atoms with Gasteiger partial charge in [-0.25, -0.2) is 8.42 Å². The normalized spacial score (nSPS) is 21.0. The molecule has 1 aliphatic carbocycles. The molecule has 60 heavy (non-hydrogen) atoms. The van der Waals surface area contributed by atoms with Crippen LogP contribution in [0.15, 0.2) is 24.4 Å². The monoisotopic (exact) mass is 865 g/mol. The minimum Gasteiger partial charge on any atom is -0.380 e. The maximum atomic E-state index is 14.5. The SMILES string of the molecule is CC[C@H](C)[C@@H]([C@@H](CC(=O)N1C[C@H](OC)C[C@H]1[C@H](OC)[C@@H](C)C(=O)N[C@@H](Cc1ccccn1)C(=O)NS(=O)(=O)C1CC1)OC)N(C)C(=O)[C@@H](NC(=O)[C@@H](NC)C(C)C)C(C)C. The highest BCUT2D eigenvalue weighted by Gasteiger charge is 2.46. The van der Waals surface area contributed by atoms with Crippen LogP contribution < -0.4 is 20.7 Å². The predicted octanol–water partition coefficient (Wildman–Crippen LogP) is 1.65. The Hall–Kier alpha value is -3.71. The number of carbonyl (C=O) groups excluding carboxylic acids is 5. The molecule has 3 rings (SSSR count). The first kappa shape index (κ1) is 50.6. The number of nitrogens with zero attached hydrogens (tertiary/aromatic N) is 3. The topological polar surface area (TPSA) is 215 Å². The number of ether oxygens (including phenoxy) is 3. The van der Waals surface area contributed by atoms with Crippen molar-refractivity contribution in [1.29, 1.82) is 0 Å². The Kier molecular flexibility index (Phi) is 19.4. The van der Waals surface area contributed by atoms with Gasteiger partial charge in [0, 0.05) is 53.2 Å². The molecule has 0 bridgehead atoms. The summed E-state index contributed by atoms with van der Waals surface area (Å²) in [5, 5.41) is 8.09. The zero-order valence-electron chi connectivity index (χ0n) is 37.6. The van der Waals surface area contributed by atoms with Crippen molar-refractivity contribution in [3.05, 3.63) is 30.1 Å². The number of hydrogen-bond acceptors (Lipinski definition) is 12. The highest BCUT2D eigenvalue weighted by Crippen LogP contribution is 2.31. The summed E-state index contributed by atoms with van der Waals surface area (Å²) < 4.78 is 45.3. The molecule has 1 saturated heterocycles. The number of rotatable bonds is 24. The third-order valence-electron chi connectivity index (χ3n) is 12.1. The third-order valence-corrected chi connectivity index (χ3v) is 13.9. The average Bonchev–Trinajstić information content (AvgIpc) is 4.00. The van der Waals surface area contributed by atoms with Crippen LogP contribution in [0.5, 0.6) is 0 Å². The number of amides is 5. The Balaban J connectivity index is 1.86. The van der Waals surface area contributed by atoms with Crippen LogP contribution in [0.4, 0.5) is 0 Å². The molecule has 0 radical (unpaired) electrons. The van der Waals surface area contributed by atoms with Gasteiger partial charge in [-0.3, -0.25) is 33.7 Å². The van der Waals surface area contributed by atoms with Gasteiger partial charge in [-0.05, 0) is 56.2 Å². The van der Waals surface area contributed by atoms with Gasteiger partial charge in [0.15, 0.2) is 0 Å². The average molecular weight is 866 g/mol. The molecule has 0 aromatic carbocycles. The lowest BCUT2D eigenvalue weighted by Crippen LogP contribution is -2.59. The van der Waals surface area contributed by atoms with Crippen molar-refractivity contribution < 1.29 is 46.6 Å². The number of methoxy groups -OCH3 is 3. The summed E-state index contributed by atoms with van der Waals surface area (Å²) in [5.74, 6) is -3.58. The van der Waals surface area contributed by atoms with E-state index in [2.05, 4.69) is 25.7 Å². The maximum Gasteiger partial charge on any atom is 0.256 e. The number of likely N-dealkylation sites (N-methyl/N-ethyl adjacent to an activating group) is 2. The predicted molar refractivity (Wildman–Crippen MR) is 227 cm³/mol. The highest BCUT2D eigenvalue weighted by molar-refractivity contribution is 7.90. The third kappa shape index (κ3) is 13.1.